The Kier molecular flexibility index (Phi) is 7.90. The number of allylic oxidation sites excluding steroid dienone is 1. The normalized spacial score (nSPS) is 28.6. The number of aliphatic hydroxyl groups excluding tert-OH is 1. The van der Waals surface area contributed by atoms with Gasteiger partial charge in [-0.05, 0) is 63.6 Å². The Balaban J connectivity index is 1.73. The summed E-state index contributed by atoms with van der Waals surface area (Å²) in [5.74, 6) is -2.70. The number of unbranched alkanes of at least 4 members (excludes halogenated alkanes) is 1. The third-order valence-electron chi connectivity index (χ3n) is 8.01. The van der Waals surface area contributed by atoms with Crippen molar-refractivity contribution in [3.05, 3.63) is 54.6 Å². The van der Waals surface area contributed by atoms with E-state index in [4.69, 9.17) is 9.47 Å². The molecule has 0 aliphatic carbocycles. The van der Waals surface area contributed by atoms with E-state index in [0.29, 0.717) is 19.3 Å². The van der Waals surface area contributed by atoms with E-state index in [-0.39, 0.29) is 31.6 Å². The molecule has 1 spiro atoms. The maximum absolute atomic E-state index is 14.4. The van der Waals surface area contributed by atoms with Crippen LogP contribution in [0.15, 0.2) is 43.5 Å². The fraction of sp³-hybridized carbons (Fsp3) is 0.552. The van der Waals surface area contributed by atoms with Crippen LogP contribution in [-0.2, 0) is 23.9 Å². The predicted octanol–water partition coefficient (Wildman–Crippen LogP) is 3.09. The van der Waals surface area contributed by atoms with Gasteiger partial charge in [-0.1, -0.05) is 24.3 Å². The SMILES string of the molecule is C=CCCCOC(=O)[C@@H]1[C@H]2C(=O)N([C@H](C)CO)C(C(=O)N(CC=C)c3cc(C)ccc3C)C23CC[C@H]1O3. The average molecular weight is 511 g/mol. The highest BCUT2D eigenvalue weighted by Gasteiger charge is 2.75. The first-order valence-corrected chi connectivity index (χ1v) is 13.1. The van der Waals surface area contributed by atoms with Gasteiger partial charge in [-0.25, -0.2) is 0 Å². The maximum atomic E-state index is 14.4. The van der Waals surface area contributed by atoms with Gasteiger partial charge in [-0.2, -0.15) is 0 Å². The Morgan fingerprint density at radius 3 is 2.76 bits per heavy atom. The standard InChI is InChI=1S/C29H38N2O6/c1-6-8-9-15-36-28(35)23-22-12-13-29(37-22)24(23)26(33)31(20(5)17-32)25(29)27(34)30(14-7-2)21-16-18(3)10-11-19(21)4/h6-7,10-11,16,20,22-25,32H,1-2,8-9,12-15,17H2,3-5H3/t20-,22-,23+,24+,25?,29?/m1/s1. The Bertz CT molecular complexity index is 1090. The largest absolute Gasteiger partial charge is 0.465 e. The second-order valence-corrected chi connectivity index (χ2v) is 10.5. The van der Waals surface area contributed by atoms with Crippen LogP contribution in [0.1, 0.15) is 43.7 Å². The van der Waals surface area contributed by atoms with Gasteiger partial charge in [0.15, 0.2) is 0 Å². The molecule has 3 aliphatic rings. The van der Waals surface area contributed by atoms with Crippen molar-refractivity contribution >= 4 is 23.5 Å². The van der Waals surface area contributed by atoms with E-state index in [1.54, 1.807) is 24.0 Å². The summed E-state index contributed by atoms with van der Waals surface area (Å²) < 4.78 is 12.0. The van der Waals surface area contributed by atoms with Crippen LogP contribution in [-0.4, -0.2) is 71.3 Å². The van der Waals surface area contributed by atoms with E-state index in [1.165, 1.54) is 4.90 Å². The molecule has 200 valence electrons. The number of hydrogen-bond donors (Lipinski definition) is 1. The van der Waals surface area contributed by atoms with Crippen molar-refractivity contribution < 1.29 is 29.0 Å². The fourth-order valence-electron chi connectivity index (χ4n) is 6.29. The molecule has 3 heterocycles. The molecule has 6 atom stereocenters. The molecule has 0 saturated carbocycles. The van der Waals surface area contributed by atoms with E-state index in [0.717, 1.165) is 23.2 Å². The number of carbonyl (C=O) groups is 3. The van der Waals surface area contributed by atoms with Crippen molar-refractivity contribution in [1.82, 2.24) is 4.90 Å². The number of anilines is 1. The Hall–Kier alpha value is -2.97. The highest BCUT2D eigenvalue weighted by molar-refractivity contribution is 6.05. The van der Waals surface area contributed by atoms with Gasteiger partial charge in [0.05, 0.1) is 37.2 Å². The van der Waals surface area contributed by atoms with Crippen molar-refractivity contribution in [1.29, 1.82) is 0 Å². The van der Waals surface area contributed by atoms with Crippen LogP contribution in [0.5, 0.6) is 0 Å². The Morgan fingerprint density at radius 1 is 1.32 bits per heavy atom. The van der Waals surface area contributed by atoms with Gasteiger partial charge in [0.1, 0.15) is 11.6 Å². The summed E-state index contributed by atoms with van der Waals surface area (Å²) in [6.07, 6.45) is 5.36. The molecule has 2 bridgehead atoms. The summed E-state index contributed by atoms with van der Waals surface area (Å²) in [5.41, 5.74) is 1.50. The van der Waals surface area contributed by atoms with Crippen LogP contribution >= 0.6 is 0 Å². The minimum absolute atomic E-state index is 0.237. The van der Waals surface area contributed by atoms with Crippen LogP contribution in [0.4, 0.5) is 5.69 Å². The van der Waals surface area contributed by atoms with Crippen LogP contribution in [0.25, 0.3) is 0 Å². The van der Waals surface area contributed by atoms with Gasteiger partial charge in [0, 0.05) is 12.2 Å². The summed E-state index contributed by atoms with van der Waals surface area (Å²) in [6.45, 7) is 13.3. The molecule has 1 aromatic carbocycles. The zero-order valence-electron chi connectivity index (χ0n) is 22.0. The summed E-state index contributed by atoms with van der Waals surface area (Å²) in [6, 6.07) is 4.28. The minimum atomic E-state index is -1.15. The molecule has 3 saturated heterocycles. The monoisotopic (exact) mass is 510 g/mol. The van der Waals surface area contributed by atoms with Crippen LogP contribution in [0, 0.1) is 25.7 Å². The zero-order chi connectivity index (χ0) is 26.9. The van der Waals surface area contributed by atoms with Gasteiger partial charge >= 0.3 is 5.97 Å². The zero-order valence-corrected chi connectivity index (χ0v) is 22.0. The van der Waals surface area contributed by atoms with E-state index in [2.05, 4.69) is 13.2 Å². The number of ether oxygens (including phenoxy) is 2. The number of fused-ring (bicyclic) bond motifs is 1. The molecule has 1 N–H and O–H groups in total. The third-order valence-corrected chi connectivity index (χ3v) is 8.01. The lowest BCUT2D eigenvalue weighted by atomic mass is 9.70. The molecule has 37 heavy (non-hydrogen) atoms. The quantitative estimate of drug-likeness (QED) is 0.279. The van der Waals surface area contributed by atoms with Gasteiger partial charge < -0.3 is 24.4 Å². The molecule has 8 nitrogen and oxygen atoms in total. The van der Waals surface area contributed by atoms with E-state index < -0.39 is 41.6 Å². The maximum Gasteiger partial charge on any atom is 0.312 e. The smallest absolute Gasteiger partial charge is 0.312 e. The lowest BCUT2D eigenvalue weighted by Crippen LogP contribution is -2.58. The van der Waals surface area contributed by atoms with Gasteiger partial charge in [-0.3, -0.25) is 14.4 Å². The average Bonchev–Trinajstić information content (AvgIpc) is 3.53. The molecule has 2 amide bonds. The number of amides is 2. The summed E-state index contributed by atoms with van der Waals surface area (Å²) in [4.78, 5) is 44.6. The summed E-state index contributed by atoms with van der Waals surface area (Å²) in [7, 11) is 0. The second kappa shape index (κ2) is 10.8. The second-order valence-electron chi connectivity index (χ2n) is 10.5. The third kappa shape index (κ3) is 4.50. The van der Waals surface area contributed by atoms with Crippen LogP contribution < -0.4 is 4.90 Å². The number of rotatable bonds is 11. The Labute approximate surface area is 218 Å². The van der Waals surface area contributed by atoms with Crippen LogP contribution in [0.2, 0.25) is 0 Å². The fourth-order valence-corrected chi connectivity index (χ4v) is 6.29. The first-order valence-electron chi connectivity index (χ1n) is 13.1. The molecular formula is C29H38N2O6. The Morgan fingerprint density at radius 2 is 2.08 bits per heavy atom. The number of carbonyl (C=O) groups excluding carboxylic acids is 3. The number of aryl methyl sites for hydroxylation is 2. The molecule has 2 unspecified atom stereocenters. The molecule has 8 heteroatoms. The first-order chi connectivity index (χ1) is 17.7. The van der Waals surface area contributed by atoms with E-state index in [1.807, 2.05) is 32.0 Å². The molecule has 0 aromatic heterocycles. The molecule has 1 aromatic rings. The number of hydrogen-bond acceptors (Lipinski definition) is 6. The highest BCUT2D eigenvalue weighted by Crippen LogP contribution is 2.59. The molecule has 0 radical (unpaired) electrons. The predicted molar refractivity (Wildman–Crippen MR) is 140 cm³/mol. The number of nitrogens with zero attached hydrogens (tertiary/aromatic N) is 2. The first kappa shape index (κ1) is 27.1. The molecular weight excluding hydrogens is 472 g/mol. The van der Waals surface area contributed by atoms with Crippen molar-refractivity contribution in [2.45, 2.75) is 70.2 Å². The molecule has 4 rings (SSSR count). The number of likely N-dealkylation sites (tertiary alicyclic amines) is 1. The van der Waals surface area contributed by atoms with Gasteiger partial charge in [0.2, 0.25) is 5.91 Å². The number of esters is 1. The molecule has 3 fully saturated rings. The topological polar surface area (TPSA) is 96.4 Å². The summed E-state index contributed by atoms with van der Waals surface area (Å²) >= 11 is 0. The molecule has 3 aliphatic heterocycles. The lowest BCUT2D eigenvalue weighted by molar-refractivity contribution is -0.155. The van der Waals surface area contributed by atoms with E-state index in [9.17, 15) is 19.5 Å². The van der Waals surface area contributed by atoms with Crippen molar-refractivity contribution in [2.75, 3.05) is 24.7 Å². The van der Waals surface area contributed by atoms with Crippen molar-refractivity contribution in [2.24, 2.45) is 11.8 Å². The van der Waals surface area contributed by atoms with Crippen molar-refractivity contribution in [3.8, 4) is 0 Å². The van der Waals surface area contributed by atoms with Crippen molar-refractivity contribution in [3.63, 3.8) is 0 Å². The summed E-state index contributed by atoms with van der Waals surface area (Å²) in [5, 5.41) is 10.0. The van der Waals surface area contributed by atoms with Gasteiger partial charge in [-0.15, -0.1) is 13.2 Å². The number of aliphatic hydroxyl groups is 1. The lowest BCUT2D eigenvalue weighted by Gasteiger charge is -2.38. The highest BCUT2D eigenvalue weighted by atomic mass is 16.6. The van der Waals surface area contributed by atoms with Crippen LogP contribution in [0.3, 0.4) is 0 Å². The minimum Gasteiger partial charge on any atom is -0.465 e. The van der Waals surface area contributed by atoms with Gasteiger partial charge in [0.25, 0.3) is 5.91 Å². The van der Waals surface area contributed by atoms with E-state index >= 15 is 0 Å². The number of benzene rings is 1.